The molecular weight excluding hydrogens is 294 g/mol. The SMILES string of the molecule is CC[C@@H]1CCc2nc(NC(=O)c3cc(Cl)c[nH]3)sc2C1. The first kappa shape index (κ1) is 13.6. The summed E-state index contributed by atoms with van der Waals surface area (Å²) in [6.45, 7) is 2.23. The van der Waals surface area contributed by atoms with E-state index in [4.69, 9.17) is 11.6 Å². The molecule has 0 spiro atoms. The molecule has 0 bridgehead atoms. The van der Waals surface area contributed by atoms with Crippen molar-refractivity contribution in [2.45, 2.75) is 32.6 Å². The number of thiazole rings is 1. The highest BCUT2D eigenvalue weighted by molar-refractivity contribution is 7.15. The van der Waals surface area contributed by atoms with E-state index < -0.39 is 0 Å². The van der Waals surface area contributed by atoms with Crippen molar-refractivity contribution in [2.75, 3.05) is 5.32 Å². The number of nitrogens with zero attached hydrogens (tertiary/aromatic N) is 1. The second kappa shape index (κ2) is 5.58. The summed E-state index contributed by atoms with van der Waals surface area (Å²) in [6.07, 6.45) is 6.12. The highest BCUT2D eigenvalue weighted by atomic mass is 35.5. The number of hydrogen-bond acceptors (Lipinski definition) is 3. The number of anilines is 1. The molecule has 3 rings (SSSR count). The molecule has 1 aliphatic rings. The van der Waals surface area contributed by atoms with E-state index in [0.29, 0.717) is 15.8 Å². The normalized spacial score (nSPS) is 17.8. The Hall–Kier alpha value is -1.33. The minimum atomic E-state index is -0.199. The number of fused-ring (bicyclic) bond motifs is 1. The van der Waals surface area contributed by atoms with Crippen LogP contribution < -0.4 is 5.32 Å². The lowest BCUT2D eigenvalue weighted by Crippen LogP contribution is -2.12. The molecule has 2 aromatic heterocycles. The van der Waals surface area contributed by atoms with Crippen molar-refractivity contribution >= 4 is 34.0 Å². The highest BCUT2D eigenvalue weighted by Gasteiger charge is 2.22. The third-order valence-corrected chi connectivity index (χ3v) is 4.99. The third-order valence-electron chi connectivity index (χ3n) is 3.73. The molecule has 1 aliphatic carbocycles. The Labute approximate surface area is 126 Å². The van der Waals surface area contributed by atoms with E-state index in [9.17, 15) is 4.79 Å². The summed E-state index contributed by atoms with van der Waals surface area (Å²) in [4.78, 5) is 20.7. The van der Waals surface area contributed by atoms with Crippen molar-refractivity contribution in [2.24, 2.45) is 5.92 Å². The predicted octanol–water partition coefficient (Wildman–Crippen LogP) is 3.89. The zero-order valence-corrected chi connectivity index (χ0v) is 12.8. The first-order chi connectivity index (χ1) is 9.65. The topological polar surface area (TPSA) is 57.8 Å². The van der Waals surface area contributed by atoms with E-state index in [1.54, 1.807) is 23.6 Å². The number of halogens is 1. The number of hydrogen-bond donors (Lipinski definition) is 2. The van der Waals surface area contributed by atoms with Crippen LogP contribution in [0.15, 0.2) is 12.3 Å². The standard InChI is InChI=1S/C14H16ClN3OS/c1-2-8-3-4-10-12(5-8)20-14(17-10)18-13(19)11-6-9(15)7-16-11/h6-8,16H,2-5H2,1H3,(H,17,18,19)/t8-/m1/s1. The second-order valence-electron chi connectivity index (χ2n) is 5.09. The van der Waals surface area contributed by atoms with Crippen molar-refractivity contribution in [1.29, 1.82) is 0 Å². The molecule has 2 heterocycles. The Morgan fingerprint density at radius 1 is 1.65 bits per heavy atom. The van der Waals surface area contributed by atoms with E-state index >= 15 is 0 Å². The van der Waals surface area contributed by atoms with Gasteiger partial charge in [-0.3, -0.25) is 10.1 Å². The molecular formula is C14H16ClN3OS. The fraction of sp³-hybridized carbons (Fsp3) is 0.429. The first-order valence-corrected chi connectivity index (χ1v) is 7.99. The van der Waals surface area contributed by atoms with E-state index in [0.717, 1.165) is 24.5 Å². The number of amides is 1. The number of rotatable bonds is 3. The van der Waals surface area contributed by atoms with Gasteiger partial charge in [-0.25, -0.2) is 4.98 Å². The van der Waals surface area contributed by atoms with Crippen LogP contribution in [-0.2, 0) is 12.8 Å². The van der Waals surface area contributed by atoms with E-state index in [1.165, 1.54) is 17.7 Å². The number of H-pyrrole nitrogens is 1. The van der Waals surface area contributed by atoms with Gasteiger partial charge >= 0.3 is 0 Å². The summed E-state index contributed by atoms with van der Waals surface area (Å²) in [5.74, 6) is 0.559. The summed E-state index contributed by atoms with van der Waals surface area (Å²) in [5, 5.41) is 4.05. The summed E-state index contributed by atoms with van der Waals surface area (Å²) >= 11 is 7.39. The first-order valence-electron chi connectivity index (χ1n) is 6.79. The number of aromatic amines is 1. The highest BCUT2D eigenvalue weighted by Crippen LogP contribution is 2.33. The van der Waals surface area contributed by atoms with Crippen LogP contribution in [0.5, 0.6) is 0 Å². The van der Waals surface area contributed by atoms with E-state index in [2.05, 4.69) is 22.2 Å². The van der Waals surface area contributed by atoms with Gasteiger partial charge in [-0.15, -0.1) is 11.3 Å². The second-order valence-corrected chi connectivity index (χ2v) is 6.61. The Morgan fingerprint density at radius 3 is 3.20 bits per heavy atom. The summed E-state index contributed by atoms with van der Waals surface area (Å²) in [5.41, 5.74) is 1.61. The molecule has 0 saturated carbocycles. The van der Waals surface area contributed by atoms with Gasteiger partial charge in [0.2, 0.25) is 0 Å². The average Bonchev–Trinajstić information content (AvgIpc) is 3.03. The van der Waals surface area contributed by atoms with E-state index in [-0.39, 0.29) is 5.91 Å². The quantitative estimate of drug-likeness (QED) is 0.903. The lowest BCUT2D eigenvalue weighted by atomic mass is 9.89. The molecule has 0 saturated heterocycles. The molecule has 2 N–H and O–H groups in total. The predicted molar refractivity (Wildman–Crippen MR) is 81.7 cm³/mol. The van der Waals surface area contributed by atoms with Gasteiger partial charge in [-0.1, -0.05) is 24.9 Å². The number of aryl methyl sites for hydroxylation is 1. The minimum Gasteiger partial charge on any atom is -0.356 e. The number of carbonyl (C=O) groups is 1. The van der Waals surface area contributed by atoms with Crippen LogP contribution in [0.3, 0.4) is 0 Å². The molecule has 4 nitrogen and oxygen atoms in total. The van der Waals surface area contributed by atoms with Crippen LogP contribution in [-0.4, -0.2) is 15.9 Å². The fourth-order valence-electron chi connectivity index (χ4n) is 2.51. The Kier molecular flexibility index (Phi) is 3.81. The van der Waals surface area contributed by atoms with Gasteiger partial charge in [0.15, 0.2) is 5.13 Å². The number of aromatic nitrogens is 2. The van der Waals surface area contributed by atoms with Crippen LogP contribution in [0.2, 0.25) is 5.02 Å². The average molecular weight is 310 g/mol. The number of carbonyl (C=O) groups excluding carboxylic acids is 1. The molecule has 106 valence electrons. The zero-order chi connectivity index (χ0) is 14.1. The van der Waals surface area contributed by atoms with Crippen molar-refractivity contribution in [1.82, 2.24) is 9.97 Å². The van der Waals surface area contributed by atoms with Crippen molar-refractivity contribution in [3.63, 3.8) is 0 Å². The van der Waals surface area contributed by atoms with Crippen LogP contribution >= 0.6 is 22.9 Å². The smallest absolute Gasteiger partial charge is 0.273 e. The largest absolute Gasteiger partial charge is 0.356 e. The maximum Gasteiger partial charge on any atom is 0.273 e. The van der Waals surface area contributed by atoms with Crippen molar-refractivity contribution in [3.8, 4) is 0 Å². The van der Waals surface area contributed by atoms with Gasteiger partial charge in [0.05, 0.1) is 10.7 Å². The van der Waals surface area contributed by atoms with E-state index in [1.807, 2.05) is 0 Å². The monoisotopic (exact) mass is 309 g/mol. The van der Waals surface area contributed by atoms with Crippen LogP contribution in [0.25, 0.3) is 0 Å². The van der Waals surface area contributed by atoms with Crippen LogP contribution in [0.4, 0.5) is 5.13 Å². The Bertz CT molecular complexity index is 634. The molecule has 1 atom stereocenters. The van der Waals surface area contributed by atoms with Gasteiger partial charge in [-0.05, 0) is 31.2 Å². The Balaban J connectivity index is 1.73. The van der Waals surface area contributed by atoms with Crippen LogP contribution in [0.1, 0.15) is 40.8 Å². The lowest BCUT2D eigenvalue weighted by Gasteiger charge is -2.18. The van der Waals surface area contributed by atoms with Gasteiger partial charge in [0.25, 0.3) is 5.91 Å². The maximum absolute atomic E-state index is 12.0. The van der Waals surface area contributed by atoms with Gasteiger partial charge in [0.1, 0.15) is 5.69 Å². The van der Waals surface area contributed by atoms with Crippen molar-refractivity contribution < 1.29 is 4.79 Å². The molecule has 0 unspecified atom stereocenters. The molecule has 6 heteroatoms. The molecule has 20 heavy (non-hydrogen) atoms. The zero-order valence-electron chi connectivity index (χ0n) is 11.2. The molecule has 0 aliphatic heterocycles. The fourth-order valence-corrected chi connectivity index (χ4v) is 3.79. The van der Waals surface area contributed by atoms with Gasteiger partial charge < -0.3 is 4.98 Å². The van der Waals surface area contributed by atoms with Gasteiger partial charge in [0, 0.05) is 11.1 Å². The van der Waals surface area contributed by atoms with Gasteiger partial charge in [-0.2, -0.15) is 0 Å². The third kappa shape index (κ3) is 2.74. The summed E-state index contributed by atoms with van der Waals surface area (Å²) in [7, 11) is 0. The summed E-state index contributed by atoms with van der Waals surface area (Å²) < 4.78 is 0. The molecule has 0 fully saturated rings. The molecule has 0 aromatic carbocycles. The van der Waals surface area contributed by atoms with Crippen molar-refractivity contribution in [3.05, 3.63) is 33.6 Å². The molecule has 1 amide bonds. The maximum atomic E-state index is 12.0. The summed E-state index contributed by atoms with van der Waals surface area (Å²) in [6, 6.07) is 1.61. The number of nitrogens with one attached hydrogen (secondary N) is 2. The Morgan fingerprint density at radius 2 is 2.50 bits per heavy atom. The molecule has 2 aromatic rings. The van der Waals surface area contributed by atoms with Crippen LogP contribution in [0, 0.1) is 5.92 Å². The lowest BCUT2D eigenvalue weighted by molar-refractivity contribution is 0.102. The molecule has 0 radical (unpaired) electrons. The minimum absolute atomic E-state index is 0.199.